The van der Waals surface area contributed by atoms with Crippen LogP contribution in [0.1, 0.15) is 51.2 Å². The number of benzene rings is 1. The lowest BCUT2D eigenvalue weighted by atomic mass is 9.86. The first-order valence-corrected chi connectivity index (χ1v) is 8.78. The molecule has 6 nitrogen and oxygen atoms in total. The summed E-state index contributed by atoms with van der Waals surface area (Å²) < 4.78 is 0. The third-order valence-electron chi connectivity index (χ3n) is 4.57. The maximum atomic E-state index is 11.4. The lowest BCUT2D eigenvalue weighted by Crippen LogP contribution is -2.40. The largest absolute Gasteiger partial charge is 0.321 e. The molecule has 0 fully saturated rings. The number of carbonyl (C=O) groups is 1. The minimum Gasteiger partial charge on any atom is -0.321 e. The normalized spacial score (nSPS) is 16.8. The van der Waals surface area contributed by atoms with Crippen molar-refractivity contribution in [3.8, 4) is 0 Å². The van der Waals surface area contributed by atoms with Crippen LogP contribution in [0.15, 0.2) is 12.1 Å². The number of amides is 1. The Labute approximate surface area is 143 Å². The number of hydrogen-bond donors (Lipinski definition) is 1. The van der Waals surface area contributed by atoms with Crippen LogP contribution in [-0.4, -0.2) is 34.9 Å². The summed E-state index contributed by atoms with van der Waals surface area (Å²) in [4.78, 5) is 24.7. The molecular formula is C18H27N3O3. The van der Waals surface area contributed by atoms with Crippen molar-refractivity contribution in [2.75, 3.05) is 18.4 Å². The van der Waals surface area contributed by atoms with Crippen molar-refractivity contribution in [1.82, 2.24) is 4.90 Å². The lowest BCUT2D eigenvalue weighted by Gasteiger charge is -2.35. The quantitative estimate of drug-likeness (QED) is 0.612. The summed E-state index contributed by atoms with van der Waals surface area (Å²) in [7, 11) is 0. The fraction of sp³-hybridized carbons (Fsp3) is 0.611. The Morgan fingerprint density at radius 2 is 1.96 bits per heavy atom. The first-order valence-electron chi connectivity index (χ1n) is 8.78. The number of anilines is 1. The second kappa shape index (κ2) is 8.24. The molecule has 0 bridgehead atoms. The number of rotatable bonds is 7. The van der Waals surface area contributed by atoms with E-state index in [4.69, 9.17) is 0 Å². The second-order valence-electron chi connectivity index (χ2n) is 6.51. The molecule has 1 aliphatic carbocycles. The van der Waals surface area contributed by atoms with Gasteiger partial charge in [-0.25, -0.2) is 0 Å². The Kier molecular flexibility index (Phi) is 6.31. The third-order valence-corrected chi connectivity index (χ3v) is 4.57. The molecule has 0 saturated carbocycles. The Hall–Kier alpha value is -1.95. The third kappa shape index (κ3) is 4.32. The van der Waals surface area contributed by atoms with Crippen molar-refractivity contribution in [3.63, 3.8) is 0 Å². The van der Waals surface area contributed by atoms with Gasteiger partial charge in [0.05, 0.1) is 4.92 Å². The van der Waals surface area contributed by atoms with Gasteiger partial charge in [-0.15, -0.1) is 0 Å². The molecule has 2 rings (SSSR count). The summed E-state index contributed by atoms with van der Waals surface area (Å²) in [6.45, 7) is 7.92. The van der Waals surface area contributed by atoms with Crippen LogP contribution >= 0.6 is 0 Å². The monoisotopic (exact) mass is 333 g/mol. The van der Waals surface area contributed by atoms with Crippen LogP contribution in [0.25, 0.3) is 0 Å². The zero-order chi connectivity index (χ0) is 17.7. The van der Waals surface area contributed by atoms with E-state index in [0.29, 0.717) is 11.7 Å². The first kappa shape index (κ1) is 18.4. The zero-order valence-electron chi connectivity index (χ0n) is 14.8. The van der Waals surface area contributed by atoms with Crippen LogP contribution < -0.4 is 5.32 Å². The summed E-state index contributed by atoms with van der Waals surface area (Å²) >= 11 is 0. The number of fused-ring (bicyclic) bond motifs is 1. The number of nitrogens with one attached hydrogen (secondary N) is 1. The van der Waals surface area contributed by atoms with E-state index in [2.05, 4.69) is 24.1 Å². The molecule has 0 aliphatic heterocycles. The van der Waals surface area contributed by atoms with Gasteiger partial charge in [0.15, 0.2) is 0 Å². The van der Waals surface area contributed by atoms with Crippen molar-refractivity contribution < 1.29 is 9.72 Å². The molecule has 24 heavy (non-hydrogen) atoms. The molecular weight excluding hydrogens is 306 g/mol. The van der Waals surface area contributed by atoms with E-state index < -0.39 is 4.92 Å². The van der Waals surface area contributed by atoms with E-state index in [-0.39, 0.29) is 11.6 Å². The van der Waals surface area contributed by atoms with Crippen LogP contribution in [-0.2, 0) is 17.6 Å². The maximum Gasteiger partial charge on any atom is 0.293 e. The predicted molar refractivity (Wildman–Crippen MR) is 95.4 cm³/mol. The fourth-order valence-corrected chi connectivity index (χ4v) is 3.58. The molecule has 1 aromatic carbocycles. The first-order chi connectivity index (χ1) is 11.5. The number of carbonyl (C=O) groups excluding carboxylic acids is 1. The van der Waals surface area contributed by atoms with Gasteiger partial charge in [-0.05, 0) is 62.4 Å². The average molecular weight is 333 g/mol. The van der Waals surface area contributed by atoms with Crippen molar-refractivity contribution in [3.05, 3.63) is 33.4 Å². The second-order valence-corrected chi connectivity index (χ2v) is 6.51. The summed E-state index contributed by atoms with van der Waals surface area (Å²) in [6.07, 6.45) is 5.02. The Morgan fingerprint density at radius 3 is 2.50 bits per heavy atom. The Balaban J connectivity index is 2.29. The molecule has 1 unspecified atom stereocenters. The van der Waals surface area contributed by atoms with Gasteiger partial charge in [-0.2, -0.15) is 0 Å². The molecule has 1 amide bonds. The topological polar surface area (TPSA) is 75.5 Å². The molecule has 1 aliphatic rings. The number of nitrogens with zero attached hydrogens (tertiary/aromatic N) is 2. The highest BCUT2D eigenvalue weighted by atomic mass is 16.6. The fourth-order valence-electron chi connectivity index (χ4n) is 3.58. The van der Waals surface area contributed by atoms with Gasteiger partial charge >= 0.3 is 0 Å². The molecule has 0 aromatic heterocycles. The summed E-state index contributed by atoms with van der Waals surface area (Å²) in [6, 6.07) is 3.92. The van der Waals surface area contributed by atoms with Crippen LogP contribution in [0.3, 0.4) is 0 Å². The molecule has 1 N–H and O–H groups in total. The van der Waals surface area contributed by atoms with Crippen molar-refractivity contribution in [1.29, 1.82) is 0 Å². The minimum atomic E-state index is -0.419. The van der Waals surface area contributed by atoms with E-state index >= 15 is 0 Å². The van der Waals surface area contributed by atoms with Gasteiger partial charge in [-0.1, -0.05) is 13.8 Å². The molecule has 0 radical (unpaired) electrons. The van der Waals surface area contributed by atoms with E-state index in [1.165, 1.54) is 6.92 Å². The summed E-state index contributed by atoms with van der Waals surface area (Å²) in [5.41, 5.74) is 2.46. The highest BCUT2D eigenvalue weighted by Gasteiger charge is 2.27. The maximum absolute atomic E-state index is 11.4. The molecule has 0 saturated heterocycles. The van der Waals surface area contributed by atoms with Gasteiger partial charge in [0.1, 0.15) is 5.69 Å². The number of nitro groups is 1. The molecule has 0 spiro atoms. The highest BCUT2D eigenvalue weighted by Crippen LogP contribution is 2.33. The van der Waals surface area contributed by atoms with Crippen LogP contribution in [0, 0.1) is 10.1 Å². The smallest absolute Gasteiger partial charge is 0.293 e. The van der Waals surface area contributed by atoms with Gasteiger partial charge < -0.3 is 10.2 Å². The standard InChI is InChI=1S/C18H27N3O3/c1-4-8-20(9-5-2)16-7-6-14-12-18(21(23)24)17(19-13(3)22)11-15(14)10-16/h11-12,16H,4-10H2,1-3H3,(H,19,22). The van der Waals surface area contributed by atoms with Crippen molar-refractivity contribution >= 4 is 17.3 Å². The van der Waals surface area contributed by atoms with E-state index in [9.17, 15) is 14.9 Å². The SMILES string of the molecule is CCCN(CCC)C1CCc2cc([N+](=O)[O-])c(NC(C)=O)cc2C1. The minimum absolute atomic E-state index is 0.0126. The predicted octanol–water partition coefficient (Wildman–Crippen LogP) is 3.53. The molecule has 0 heterocycles. The molecule has 1 aromatic rings. The van der Waals surface area contributed by atoms with Crippen molar-refractivity contribution in [2.45, 2.75) is 58.9 Å². The Morgan fingerprint density at radius 1 is 1.29 bits per heavy atom. The van der Waals surface area contributed by atoms with Crippen LogP contribution in [0.2, 0.25) is 0 Å². The number of nitro benzene ring substituents is 1. The van der Waals surface area contributed by atoms with E-state index in [1.807, 2.05) is 0 Å². The molecule has 1 atom stereocenters. The van der Waals surface area contributed by atoms with Crippen molar-refractivity contribution in [2.24, 2.45) is 0 Å². The molecule has 132 valence electrons. The average Bonchev–Trinajstić information content (AvgIpc) is 2.52. The zero-order valence-corrected chi connectivity index (χ0v) is 14.8. The van der Waals surface area contributed by atoms with Gasteiger partial charge in [0.2, 0.25) is 5.91 Å². The summed E-state index contributed by atoms with van der Waals surface area (Å²) in [5.74, 6) is -0.288. The van der Waals surface area contributed by atoms with Gasteiger partial charge in [0.25, 0.3) is 5.69 Å². The van der Waals surface area contributed by atoms with Crippen LogP contribution in [0.4, 0.5) is 11.4 Å². The van der Waals surface area contributed by atoms with Crippen LogP contribution in [0.5, 0.6) is 0 Å². The molecule has 6 heteroatoms. The number of hydrogen-bond acceptors (Lipinski definition) is 4. The van der Waals surface area contributed by atoms with Gasteiger partial charge in [-0.3, -0.25) is 14.9 Å². The van der Waals surface area contributed by atoms with E-state index in [1.54, 1.807) is 12.1 Å². The number of aryl methyl sites for hydroxylation is 1. The highest BCUT2D eigenvalue weighted by molar-refractivity contribution is 5.91. The van der Waals surface area contributed by atoms with E-state index in [0.717, 1.165) is 56.3 Å². The summed E-state index contributed by atoms with van der Waals surface area (Å²) in [5, 5.41) is 13.9. The van der Waals surface area contributed by atoms with Gasteiger partial charge in [0, 0.05) is 19.0 Å². The Bertz CT molecular complexity index is 610. The lowest BCUT2D eigenvalue weighted by molar-refractivity contribution is -0.384.